The van der Waals surface area contributed by atoms with Crippen molar-refractivity contribution < 1.29 is 0 Å². The highest BCUT2D eigenvalue weighted by Gasteiger charge is 2.19. The van der Waals surface area contributed by atoms with Gasteiger partial charge >= 0.3 is 0 Å². The number of hydrogen-bond acceptors (Lipinski definition) is 2. The Labute approximate surface area is 95.8 Å². The average molecular weight is 228 g/mol. The van der Waals surface area contributed by atoms with E-state index in [-0.39, 0.29) is 0 Å². The Morgan fingerprint density at radius 3 is 2.80 bits per heavy atom. The lowest BCUT2D eigenvalue weighted by molar-refractivity contribution is 0.377. The van der Waals surface area contributed by atoms with Crippen LogP contribution in [0.3, 0.4) is 0 Å². The molecular weight excluding hydrogens is 210 g/mol. The predicted molar refractivity (Wildman–Crippen MR) is 63.3 cm³/mol. The first kappa shape index (κ1) is 10.8. The monoisotopic (exact) mass is 227 g/mol. The maximum absolute atomic E-state index is 6.07. The van der Waals surface area contributed by atoms with Gasteiger partial charge in [-0.2, -0.15) is 0 Å². The Bertz CT molecular complexity index is 303. The van der Waals surface area contributed by atoms with Crippen LogP contribution in [0.4, 0.5) is 5.95 Å². The Hall–Kier alpha value is -0.700. The summed E-state index contributed by atoms with van der Waals surface area (Å²) in [5, 5.41) is 3.80. The molecule has 15 heavy (non-hydrogen) atoms. The van der Waals surface area contributed by atoms with Gasteiger partial charge in [0.2, 0.25) is 5.95 Å². The summed E-state index contributed by atoms with van der Waals surface area (Å²) in [5.74, 6) is 1.72. The zero-order chi connectivity index (χ0) is 10.7. The molecule has 0 radical (unpaired) electrons. The van der Waals surface area contributed by atoms with Crippen LogP contribution < -0.4 is 5.32 Å². The third kappa shape index (κ3) is 2.88. The van der Waals surface area contributed by atoms with Crippen LogP contribution in [0.5, 0.6) is 0 Å². The number of anilines is 1. The normalized spacial score (nSPS) is 26.5. The minimum absolute atomic E-state index is 0.411. The van der Waals surface area contributed by atoms with Crippen molar-refractivity contribution in [3.63, 3.8) is 0 Å². The van der Waals surface area contributed by atoms with Gasteiger partial charge in [0.25, 0.3) is 0 Å². The van der Waals surface area contributed by atoms with Crippen LogP contribution >= 0.6 is 11.6 Å². The first-order valence-electron chi connectivity index (χ1n) is 5.61. The Balaban J connectivity index is 1.77. The molecule has 84 valence electrons. The lowest BCUT2D eigenvalue weighted by atomic mass is 9.89. The van der Waals surface area contributed by atoms with Gasteiger partial charge in [-0.1, -0.05) is 0 Å². The fourth-order valence-electron chi connectivity index (χ4n) is 2.10. The van der Waals surface area contributed by atoms with Crippen molar-refractivity contribution in [3.8, 4) is 0 Å². The summed E-state index contributed by atoms with van der Waals surface area (Å²) >= 11 is 6.07. The number of aryl methyl sites for hydroxylation is 1. The molecule has 3 nitrogen and oxygen atoms in total. The van der Waals surface area contributed by atoms with Gasteiger partial charge in [-0.05, 0) is 31.6 Å². The zero-order valence-corrected chi connectivity index (χ0v) is 9.87. The molecule has 0 bridgehead atoms. The highest BCUT2D eigenvalue weighted by molar-refractivity contribution is 6.20. The van der Waals surface area contributed by atoms with Gasteiger partial charge in [-0.15, -0.1) is 11.6 Å². The maximum Gasteiger partial charge on any atom is 0.202 e. The number of alkyl halides is 1. The Kier molecular flexibility index (Phi) is 3.52. The standard InChI is InChI=1S/C11H18ClN3/c1-15-7-6-13-11(15)14-8-9-2-4-10(12)5-3-9/h6-7,9-10H,2-5,8H2,1H3,(H,13,14). The SMILES string of the molecule is Cn1ccnc1NCC1CCC(Cl)CC1. The summed E-state index contributed by atoms with van der Waals surface area (Å²) in [4.78, 5) is 4.24. The average Bonchev–Trinajstić information content (AvgIpc) is 2.63. The second-order valence-corrected chi connectivity index (χ2v) is 4.98. The van der Waals surface area contributed by atoms with E-state index >= 15 is 0 Å². The predicted octanol–water partition coefficient (Wildman–Crippen LogP) is 2.63. The van der Waals surface area contributed by atoms with E-state index in [4.69, 9.17) is 11.6 Å². The molecule has 1 fully saturated rings. The van der Waals surface area contributed by atoms with Gasteiger partial charge in [0, 0.05) is 31.4 Å². The fraction of sp³-hybridized carbons (Fsp3) is 0.727. The quantitative estimate of drug-likeness (QED) is 0.805. The first-order valence-corrected chi connectivity index (χ1v) is 6.04. The van der Waals surface area contributed by atoms with Gasteiger partial charge in [0.05, 0.1) is 0 Å². The highest BCUT2D eigenvalue weighted by atomic mass is 35.5. The first-order chi connectivity index (χ1) is 7.25. The van der Waals surface area contributed by atoms with Crippen LogP contribution in [0.2, 0.25) is 0 Å². The van der Waals surface area contributed by atoms with E-state index in [2.05, 4.69) is 10.3 Å². The highest BCUT2D eigenvalue weighted by Crippen LogP contribution is 2.27. The van der Waals surface area contributed by atoms with Gasteiger partial charge in [-0.3, -0.25) is 0 Å². The summed E-state index contributed by atoms with van der Waals surface area (Å²) in [5.41, 5.74) is 0. The number of aromatic nitrogens is 2. The molecule has 1 heterocycles. The smallest absolute Gasteiger partial charge is 0.202 e. The van der Waals surface area contributed by atoms with Crippen molar-refractivity contribution in [1.82, 2.24) is 9.55 Å². The molecule has 1 aromatic heterocycles. The largest absolute Gasteiger partial charge is 0.355 e. The maximum atomic E-state index is 6.07. The molecule has 1 saturated carbocycles. The summed E-state index contributed by atoms with van der Waals surface area (Å²) in [6, 6.07) is 0. The molecule has 1 N–H and O–H groups in total. The third-order valence-electron chi connectivity index (χ3n) is 3.15. The summed E-state index contributed by atoms with van der Waals surface area (Å²) in [7, 11) is 2.00. The van der Waals surface area contributed by atoms with Gasteiger partial charge in [0.1, 0.15) is 0 Å². The summed E-state index contributed by atoms with van der Waals surface area (Å²) in [6.07, 6.45) is 8.58. The number of imidazole rings is 1. The van der Waals surface area contributed by atoms with Gasteiger partial charge < -0.3 is 9.88 Å². The number of hydrogen-bond donors (Lipinski definition) is 1. The van der Waals surface area contributed by atoms with E-state index in [9.17, 15) is 0 Å². The van der Waals surface area contributed by atoms with Crippen molar-refractivity contribution in [2.45, 2.75) is 31.1 Å². The number of nitrogens with one attached hydrogen (secondary N) is 1. The summed E-state index contributed by atoms with van der Waals surface area (Å²) < 4.78 is 2.01. The van der Waals surface area contributed by atoms with Gasteiger partial charge in [0.15, 0.2) is 0 Å². The van der Waals surface area contributed by atoms with Crippen LogP contribution in [0, 0.1) is 5.92 Å². The van der Waals surface area contributed by atoms with E-state index < -0.39 is 0 Å². The molecule has 1 aliphatic carbocycles. The third-order valence-corrected chi connectivity index (χ3v) is 3.58. The van der Waals surface area contributed by atoms with Crippen molar-refractivity contribution in [3.05, 3.63) is 12.4 Å². The van der Waals surface area contributed by atoms with E-state index in [1.165, 1.54) is 12.8 Å². The zero-order valence-electron chi connectivity index (χ0n) is 9.12. The number of halogens is 1. The van der Waals surface area contributed by atoms with Gasteiger partial charge in [-0.25, -0.2) is 4.98 Å². The topological polar surface area (TPSA) is 29.9 Å². The second-order valence-electron chi connectivity index (χ2n) is 4.36. The molecule has 0 amide bonds. The second kappa shape index (κ2) is 4.88. The van der Waals surface area contributed by atoms with E-state index in [1.54, 1.807) is 0 Å². The Morgan fingerprint density at radius 2 is 2.20 bits per heavy atom. The van der Waals surface area contributed by atoms with E-state index in [1.807, 2.05) is 24.0 Å². The van der Waals surface area contributed by atoms with Crippen molar-refractivity contribution in [1.29, 1.82) is 0 Å². The molecule has 0 aromatic carbocycles. The van der Waals surface area contributed by atoms with Crippen LogP contribution in [-0.4, -0.2) is 21.5 Å². The van der Waals surface area contributed by atoms with Crippen LogP contribution in [-0.2, 0) is 7.05 Å². The molecular formula is C11H18ClN3. The molecule has 1 aromatic rings. The van der Waals surface area contributed by atoms with Crippen molar-refractivity contribution >= 4 is 17.5 Å². The Morgan fingerprint density at radius 1 is 1.47 bits per heavy atom. The molecule has 1 aliphatic rings. The molecule has 2 rings (SSSR count). The van der Waals surface area contributed by atoms with Crippen molar-refractivity contribution in [2.24, 2.45) is 13.0 Å². The molecule has 0 atom stereocenters. The molecule has 0 spiro atoms. The van der Waals surface area contributed by atoms with E-state index in [0.717, 1.165) is 31.3 Å². The van der Waals surface area contributed by atoms with Crippen LogP contribution in [0.15, 0.2) is 12.4 Å². The molecule has 0 aliphatic heterocycles. The van der Waals surface area contributed by atoms with E-state index in [0.29, 0.717) is 5.38 Å². The fourth-order valence-corrected chi connectivity index (χ4v) is 2.35. The lowest BCUT2D eigenvalue weighted by Gasteiger charge is -2.25. The molecule has 4 heteroatoms. The number of nitrogens with zero attached hydrogens (tertiary/aromatic N) is 2. The number of rotatable bonds is 3. The van der Waals surface area contributed by atoms with Crippen LogP contribution in [0.1, 0.15) is 25.7 Å². The van der Waals surface area contributed by atoms with Crippen LogP contribution in [0.25, 0.3) is 0 Å². The minimum Gasteiger partial charge on any atom is -0.355 e. The molecule has 0 saturated heterocycles. The minimum atomic E-state index is 0.411. The van der Waals surface area contributed by atoms with Crippen molar-refractivity contribution in [2.75, 3.05) is 11.9 Å². The lowest BCUT2D eigenvalue weighted by Crippen LogP contribution is -2.22. The molecule has 0 unspecified atom stereocenters. The summed E-state index contributed by atoms with van der Waals surface area (Å²) in [6.45, 7) is 1.02.